The van der Waals surface area contributed by atoms with E-state index in [9.17, 15) is 0 Å². The molecule has 76 valence electrons. The van der Waals surface area contributed by atoms with Crippen molar-refractivity contribution in [2.24, 2.45) is 11.1 Å². The molecule has 3 N–H and O–H groups in total. The molecular formula is C11H22N2. The maximum absolute atomic E-state index is 5.75. The number of hydrogen-bond acceptors (Lipinski definition) is 2. The maximum Gasteiger partial charge on any atom is 0.00967 e. The second kappa shape index (κ2) is 3.58. The van der Waals surface area contributed by atoms with Gasteiger partial charge in [-0.2, -0.15) is 0 Å². The summed E-state index contributed by atoms with van der Waals surface area (Å²) in [7, 11) is 0. The largest absolute Gasteiger partial charge is 0.328 e. The van der Waals surface area contributed by atoms with Crippen molar-refractivity contribution in [3.8, 4) is 0 Å². The van der Waals surface area contributed by atoms with Crippen molar-refractivity contribution < 1.29 is 0 Å². The van der Waals surface area contributed by atoms with E-state index in [2.05, 4.69) is 12.2 Å². The summed E-state index contributed by atoms with van der Waals surface area (Å²) in [5, 5.41) is 3.65. The van der Waals surface area contributed by atoms with Crippen molar-refractivity contribution in [2.45, 2.75) is 57.5 Å². The molecule has 2 aliphatic carbocycles. The summed E-state index contributed by atoms with van der Waals surface area (Å²) in [5.74, 6) is 0. The highest BCUT2D eigenvalue weighted by molar-refractivity contribution is 4.90. The third-order valence-electron chi connectivity index (χ3n) is 3.80. The normalized spacial score (nSPS) is 37.4. The van der Waals surface area contributed by atoms with Gasteiger partial charge in [0.2, 0.25) is 0 Å². The van der Waals surface area contributed by atoms with Gasteiger partial charge in [0.1, 0.15) is 0 Å². The second-order valence-electron chi connectivity index (χ2n) is 5.33. The van der Waals surface area contributed by atoms with E-state index in [1.165, 1.54) is 45.1 Å². The van der Waals surface area contributed by atoms with Gasteiger partial charge in [0.15, 0.2) is 0 Å². The molecule has 0 aromatic heterocycles. The summed E-state index contributed by atoms with van der Waals surface area (Å²) in [4.78, 5) is 0. The first kappa shape index (κ1) is 9.47. The van der Waals surface area contributed by atoms with Crippen LogP contribution in [0.3, 0.4) is 0 Å². The highest BCUT2D eigenvalue weighted by Crippen LogP contribution is 2.37. The Balaban J connectivity index is 1.67. The van der Waals surface area contributed by atoms with Crippen LogP contribution in [0.5, 0.6) is 0 Å². The average Bonchev–Trinajstić information content (AvgIpc) is 2.45. The molecule has 2 saturated carbocycles. The fraction of sp³-hybridized carbons (Fsp3) is 1.00. The zero-order valence-corrected chi connectivity index (χ0v) is 8.68. The molecule has 0 radical (unpaired) electrons. The van der Waals surface area contributed by atoms with E-state index in [0.29, 0.717) is 11.5 Å². The minimum absolute atomic E-state index is 0.480. The highest BCUT2D eigenvalue weighted by Gasteiger charge is 2.31. The Morgan fingerprint density at radius 3 is 2.46 bits per heavy atom. The van der Waals surface area contributed by atoms with Gasteiger partial charge in [0.25, 0.3) is 0 Å². The molecule has 0 unspecified atom stereocenters. The van der Waals surface area contributed by atoms with Crippen LogP contribution in [0.2, 0.25) is 0 Å². The van der Waals surface area contributed by atoms with Crippen molar-refractivity contribution in [2.75, 3.05) is 6.54 Å². The van der Waals surface area contributed by atoms with Crippen molar-refractivity contribution in [3.05, 3.63) is 0 Å². The van der Waals surface area contributed by atoms with Crippen LogP contribution < -0.4 is 11.1 Å². The van der Waals surface area contributed by atoms with E-state index < -0.39 is 0 Å². The van der Waals surface area contributed by atoms with Crippen molar-refractivity contribution in [3.63, 3.8) is 0 Å². The first-order valence-electron chi connectivity index (χ1n) is 5.67. The van der Waals surface area contributed by atoms with Crippen LogP contribution in [-0.4, -0.2) is 18.6 Å². The van der Waals surface area contributed by atoms with E-state index in [0.717, 1.165) is 6.04 Å². The smallest absolute Gasteiger partial charge is 0.00967 e. The lowest BCUT2D eigenvalue weighted by Crippen LogP contribution is -2.50. The van der Waals surface area contributed by atoms with E-state index >= 15 is 0 Å². The van der Waals surface area contributed by atoms with Crippen molar-refractivity contribution in [1.29, 1.82) is 0 Å². The minimum atomic E-state index is 0.480. The first-order chi connectivity index (χ1) is 6.18. The van der Waals surface area contributed by atoms with Gasteiger partial charge in [-0.1, -0.05) is 19.8 Å². The third kappa shape index (κ3) is 2.23. The van der Waals surface area contributed by atoms with Gasteiger partial charge in [-0.25, -0.2) is 0 Å². The van der Waals surface area contributed by atoms with E-state index in [4.69, 9.17) is 5.73 Å². The molecule has 0 spiro atoms. The van der Waals surface area contributed by atoms with E-state index in [1.807, 2.05) is 0 Å². The van der Waals surface area contributed by atoms with Gasteiger partial charge in [0.05, 0.1) is 0 Å². The quantitative estimate of drug-likeness (QED) is 0.696. The van der Waals surface area contributed by atoms with Crippen LogP contribution in [0.1, 0.15) is 45.4 Å². The van der Waals surface area contributed by atoms with Gasteiger partial charge in [-0.15, -0.1) is 0 Å². The first-order valence-corrected chi connectivity index (χ1v) is 5.67. The Bertz CT molecular complexity index is 167. The predicted octanol–water partition coefficient (Wildman–Crippen LogP) is 1.65. The molecule has 13 heavy (non-hydrogen) atoms. The average molecular weight is 182 g/mol. The lowest BCUT2D eigenvalue weighted by Gasteiger charge is -2.36. The molecule has 2 heteroatoms. The number of nitrogens with one attached hydrogen (secondary N) is 1. The summed E-state index contributed by atoms with van der Waals surface area (Å²) in [6, 6.07) is 1.21. The lowest BCUT2D eigenvalue weighted by atomic mass is 9.84. The van der Waals surface area contributed by atoms with Crippen molar-refractivity contribution >= 4 is 0 Å². The van der Waals surface area contributed by atoms with Gasteiger partial charge < -0.3 is 11.1 Å². The fourth-order valence-electron chi connectivity index (χ4n) is 2.62. The Kier molecular flexibility index (Phi) is 2.61. The molecule has 0 amide bonds. The maximum atomic E-state index is 5.75. The van der Waals surface area contributed by atoms with Crippen LogP contribution in [0.25, 0.3) is 0 Å². The van der Waals surface area contributed by atoms with Gasteiger partial charge >= 0.3 is 0 Å². The Labute approximate surface area is 81.3 Å². The fourth-order valence-corrected chi connectivity index (χ4v) is 2.62. The summed E-state index contributed by atoms with van der Waals surface area (Å²) in [6.45, 7) is 3.63. The molecule has 0 aromatic rings. The van der Waals surface area contributed by atoms with Crippen LogP contribution in [0.4, 0.5) is 0 Å². The van der Waals surface area contributed by atoms with E-state index in [-0.39, 0.29) is 0 Å². The summed E-state index contributed by atoms with van der Waals surface area (Å²) in [6.07, 6.45) is 8.08. The Hall–Kier alpha value is -0.0800. The zero-order chi connectivity index (χ0) is 9.31. The lowest BCUT2D eigenvalue weighted by molar-refractivity contribution is 0.235. The van der Waals surface area contributed by atoms with Crippen LogP contribution in [0.15, 0.2) is 0 Å². The summed E-state index contributed by atoms with van der Waals surface area (Å²) >= 11 is 0. The highest BCUT2D eigenvalue weighted by atomic mass is 15.0. The molecule has 2 rings (SSSR count). The molecular weight excluding hydrogens is 160 g/mol. The molecule has 2 nitrogen and oxygen atoms in total. The summed E-state index contributed by atoms with van der Waals surface area (Å²) < 4.78 is 0. The minimum Gasteiger partial charge on any atom is -0.328 e. The molecule has 0 saturated heterocycles. The molecule has 2 fully saturated rings. The number of nitrogens with two attached hydrogens (primary N) is 1. The van der Waals surface area contributed by atoms with Crippen LogP contribution in [0, 0.1) is 5.41 Å². The number of rotatable bonds is 3. The zero-order valence-electron chi connectivity index (χ0n) is 8.68. The van der Waals surface area contributed by atoms with Crippen LogP contribution >= 0.6 is 0 Å². The molecule has 0 atom stereocenters. The van der Waals surface area contributed by atoms with Crippen LogP contribution in [-0.2, 0) is 0 Å². The van der Waals surface area contributed by atoms with Gasteiger partial charge in [-0.3, -0.25) is 0 Å². The van der Waals surface area contributed by atoms with Crippen molar-refractivity contribution in [1.82, 2.24) is 5.32 Å². The molecule has 0 aromatic carbocycles. The SMILES string of the molecule is CC1(CNC2CC(N)C2)CCCC1. The van der Waals surface area contributed by atoms with Gasteiger partial charge in [0, 0.05) is 18.6 Å². The molecule has 0 bridgehead atoms. The predicted molar refractivity (Wildman–Crippen MR) is 55.6 cm³/mol. The standard InChI is InChI=1S/C11H22N2/c1-11(4-2-3-5-11)8-13-10-6-9(12)7-10/h9-10,13H,2-8,12H2,1H3. The summed E-state index contributed by atoms with van der Waals surface area (Å²) in [5.41, 5.74) is 6.34. The topological polar surface area (TPSA) is 38.0 Å². The number of hydrogen-bond donors (Lipinski definition) is 2. The Morgan fingerprint density at radius 1 is 1.31 bits per heavy atom. The third-order valence-corrected chi connectivity index (χ3v) is 3.80. The van der Waals surface area contributed by atoms with E-state index in [1.54, 1.807) is 0 Å². The Morgan fingerprint density at radius 2 is 1.92 bits per heavy atom. The van der Waals surface area contributed by atoms with Gasteiger partial charge in [-0.05, 0) is 31.1 Å². The monoisotopic (exact) mass is 182 g/mol. The molecule has 0 heterocycles. The molecule has 2 aliphatic rings. The second-order valence-corrected chi connectivity index (χ2v) is 5.33. The molecule has 0 aliphatic heterocycles.